The molecule has 0 aliphatic heterocycles. The Morgan fingerprint density at radius 1 is 1.14 bits per heavy atom. The Morgan fingerprint density at radius 2 is 1.71 bits per heavy atom. The zero-order chi connectivity index (χ0) is 16.3. The fraction of sp³-hybridized carbons (Fsp3) is 0.733. The van der Waals surface area contributed by atoms with E-state index >= 15 is 0 Å². The van der Waals surface area contributed by atoms with Crippen molar-refractivity contribution in [3.63, 3.8) is 0 Å². The summed E-state index contributed by atoms with van der Waals surface area (Å²) in [6.45, 7) is 9.05. The van der Waals surface area contributed by atoms with Crippen LogP contribution in [0.5, 0.6) is 0 Å². The van der Waals surface area contributed by atoms with Gasteiger partial charge < -0.3 is 20.6 Å². The van der Waals surface area contributed by atoms with Crippen LogP contribution in [-0.4, -0.2) is 59.8 Å². The third-order valence-electron chi connectivity index (χ3n) is 2.96. The molecule has 21 heavy (non-hydrogen) atoms. The van der Waals surface area contributed by atoms with Gasteiger partial charge in [0.15, 0.2) is 0 Å². The van der Waals surface area contributed by atoms with E-state index in [4.69, 9.17) is 0 Å². The van der Waals surface area contributed by atoms with E-state index < -0.39 is 5.60 Å². The van der Waals surface area contributed by atoms with Gasteiger partial charge in [-0.15, -0.1) is 0 Å². The number of rotatable bonds is 6. The molecule has 1 unspecified atom stereocenters. The number of aromatic nitrogens is 2. The quantitative estimate of drug-likeness (QED) is 0.739. The van der Waals surface area contributed by atoms with E-state index in [9.17, 15) is 5.11 Å². The van der Waals surface area contributed by atoms with E-state index in [1.54, 1.807) is 0 Å². The first-order valence-corrected chi connectivity index (χ1v) is 7.22. The largest absolute Gasteiger partial charge is 0.387 e. The number of nitrogens with zero attached hydrogens (tertiary/aromatic N) is 3. The van der Waals surface area contributed by atoms with Crippen LogP contribution in [0.4, 0.5) is 11.6 Å². The lowest BCUT2D eigenvalue weighted by Gasteiger charge is -2.27. The minimum absolute atomic E-state index is 0.130. The first-order chi connectivity index (χ1) is 9.53. The van der Waals surface area contributed by atoms with Gasteiger partial charge in [0.25, 0.3) is 0 Å². The number of hydrogen-bond acceptors (Lipinski definition) is 6. The number of hydrogen-bond donors (Lipinski definition) is 3. The monoisotopic (exact) mass is 295 g/mol. The topological polar surface area (TPSA) is 73.3 Å². The van der Waals surface area contributed by atoms with Crippen molar-refractivity contribution in [3.8, 4) is 0 Å². The van der Waals surface area contributed by atoms with Gasteiger partial charge in [0.2, 0.25) is 0 Å². The molecule has 0 saturated carbocycles. The molecule has 1 rings (SSSR count). The molecule has 3 N–H and O–H groups in total. The molecule has 0 bridgehead atoms. The standard InChI is InChI=1S/C15H29N5O/c1-14(2,3)13-18-11(16-5)8-12(19-13)17-9-15(4,21)10-20(6)7/h8,21H,9-10H2,1-7H3,(H2,16,17,18,19). The summed E-state index contributed by atoms with van der Waals surface area (Å²) in [6.07, 6.45) is 0. The van der Waals surface area contributed by atoms with E-state index in [2.05, 4.69) is 41.4 Å². The Hall–Kier alpha value is -1.40. The zero-order valence-corrected chi connectivity index (χ0v) is 14.3. The molecule has 1 heterocycles. The third kappa shape index (κ3) is 5.85. The van der Waals surface area contributed by atoms with E-state index in [1.165, 1.54) is 0 Å². The van der Waals surface area contributed by atoms with E-state index in [-0.39, 0.29) is 5.41 Å². The van der Waals surface area contributed by atoms with Crippen molar-refractivity contribution in [2.45, 2.75) is 38.7 Å². The molecule has 1 aromatic rings. The molecule has 1 atom stereocenters. The van der Waals surface area contributed by atoms with Crippen LogP contribution >= 0.6 is 0 Å². The zero-order valence-electron chi connectivity index (χ0n) is 14.3. The van der Waals surface area contributed by atoms with Crippen LogP contribution in [0, 0.1) is 0 Å². The Kier molecular flexibility index (Phi) is 5.53. The maximum Gasteiger partial charge on any atom is 0.138 e. The number of anilines is 2. The van der Waals surface area contributed by atoms with Crippen molar-refractivity contribution in [1.29, 1.82) is 0 Å². The summed E-state index contributed by atoms with van der Waals surface area (Å²) in [4.78, 5) is 11.0. The fourth-order valence-electron chi connectivity index (χ4n) is 2.02. The summed E-state index contributed by atoms with van der Waals surface area (Å²) in [5.74, 6) is 2.26. The molecular formula is C15H29N5O. The summed E-state index contributed by atoms with van der Waals surface area (Å²) in [7, 11) is 5.71. The van der Waals surface area contributed by atoms with Crippen molar-refractivity contribution >= 4 is 11.6 Å². The van der Waals surface area contributed by atoms with Crippen molar-refractivity contribution in [1.82, 2.24) is 14.9 Å². The van der Waals surface area contributed by atoms with Crippen molar-refractivity contribution in [3.05, 3.63) is 11.9 Å². The maximum atomic E-state index is 10.3. The van der Waals surface area contributed by atoms with Crippen LogP contribution in [0.25, 0.3) is 0 Å². The minimum Gasteiger partial charge on any atom is -0.387 e. The Morgan fingerprint density at radius 3 is 2.19 bits per heavy atom. The predicted molar refractivity (Wildman–Crippen MR) is 87.9 cm³/mol. The molecule has 0 aliphatic rings. The van der Waals surface area contributed by atoms with Gasteiger partial charge in [0.05, 0.1) is 5.60 Å². The highest BCUT2D eigenvalue weighted by molar-refractivity contribution is 5.48. The molecule has 0 saturated heterocycles. The molecule has 120 valence electrons. The lowest BCUT2D eigenvalue weighted by molar-refractivity contribution is 0.0459. The van der Waals surface area contributed by atoms with Crippen molar-refractivity contribution < 1.29 is 5.11 Å². The number of aliphatic hydroxyl groups is 1. The van der Waals surface area contributed by atoms with Gasteiger partial charge in [-0.05, 0) is 21.0 Å². The molecule has 1 aromatic heterocycles. The highest BCUT2D eigenvalue weighted by Gasteiger charge is 2.23. The number of nitrogens with one attached hydrogen (secondary N) is 2. The van der Waals surface area contributed by atoms with Gasteiger partial charge in [-0.2, -0.15) is 0 Å². The lowest BCUT2D eigenvalue weighted by Crippen LogP contribution is -2.43. The summed E-state index contributed by atoms with van der Waals surface area (Å²) in [5, 5.41) is 16.6. The molecule has 0 aliphatic carbocycles. The highest BCUT2D eigenvalue weighted by atomic mass is 16.3. The van der Waals surface area contributed by atoms with Crippen LogP contribution in [-0.2, 0) is 5.41 Å². The van der Waals surface area contributed by atoms with Crippen LogP contribution < -0.4 is 10.6 Å². The molecular weight excluding hydrogens is 266 g/mol. The predicted octanol–water partition coefficient (Wildman–Crippen LogP) is 1.54. The second kappa shape index (κ2) is 6.58. The Bertz CT molecular complexity index is 466. The van der Waals surface area contributed by atoms with Gasteiger partial charge in [0.1, 0.15) is 17.5 Å². The van der Waals surface area contributed by atoms with E-state index in [0.29, 0.717) is 13.1 Å². The fourth-order valence-corrected chi connectivity index (χ4v) is 2.02. The average Bonchev–Trinajstić information content (AvgIpc) is 2.33. The van der Waals surface area contributed by atoms with Crippen LogP contribution in [0.2, 0.25) is 0 Å². The SMILES string of the molecule is CNc1cc(NCC(C)(O)CN(C)C)nc(C(C)(C)C)n1. The second-order valence-electron chi connectivity index (χ2n) is 7.05. The maximum absolute atomic E-state index is 10.3. The molecule has 0 radical (unpaired) electrons. The molecule has 0 fully saturated rings. The Labute approximate surface area is 128 Å². The summed E-state index contributed by atoms with van der Waals surface area (Å²) in [5.41, 5.74) is -0.953. The first kappa shape index (κ1) is 17.7. The van der Waals surface area contributed by atoms with Crippen LogP contribution in [0.15, 0.2) is 6.07 Å². The van der Waals surface area contributed by atoms with Gasteiger partial charge in [0, 0.05) is 31.6 Å². The van der Waals surface area contributed by atoms with Gasteiger partial charge in [-0.3, -0.25) is 0 Å². The van der Waals surface area contributed by atoms with Gasteiger partial charge in [-0.1, -0.05) is 20.8 Å². The number of likely N-dealkylation sites (N-methyl/N-ethyl adjacent to an activating group) is 1. The van der Waals surface area contributed by atoms with Gasteiger partial charge in [-0.25, -0.2) is 9.97 Å². The molecule has 6 nitrogen and oxygen atoms in total. The first-order valence-electron chi connectivity index (χ1n) is 7.22. The van der Waals surface area contributed by atoms with E-state index in [1.807, 2.05) is 39.0 Å². The average molecular weight is 295 g/mol. The molecule has 0 aromatic carbocycles. The van der Waals surface area contributed by atoms with Gasteiger partial charge >= 0.3 is 0 Å². The highest BCUT2D eigenvalue weighted by Crippen LogP contribution is 2.22. The second-order valence-corrected chi connectivity index (χ2v) is 7.05. The minimum atomic E-state index is -0.823. The van der Waals surface area contributed by atoms with Crippen molar-refractivity contribution in [2.24, 2.45) is 0 Å². The normalized spacial score (nSPS) is 14.9. The van der Waals surface area contributed by atoms with Crippen LogP contribution in [0.3, 0.4) is 0 Å². The molecule has 0 amide bonds. The lowest BCUT2D eigenvalue weighted by atomic mass is 9.96. The third-order valence-corrected chi connectivity index (χ3v) is 2.96. The summed E-state index contributed by atoms with van der Waals surface area (Å²) >= 11 is 0. The summed E-state index contributed by atoms with van der Waals surface area (Å²) < 4.78 is 0. The van der Waals surface area contributed by atoms with E-state index in [0.717, 1.165) is 17.5 Å². The van der Waals surface area contributed by atoms with Crippen LogP contribution in [0.1, 0.15) is 33.5 Å². The summed E-state index contributed by atoms with van der Waals surface area (Å²) in [6, 6.07) is 1.85. The van der Waals surface area contributed by atoms with Crippen molar-refractivity contribution in [2.75, 3.05) is 44.9 Å². The Balaban J connectivity index is 2.88. The smallest absolute Gasteiger partial charge is 0.138 e. The molecule has 6 heteroatoms. The molecule has 0 spiro atoms.